The fourth-order valence-corrected chi connectivity index (χ4v) is 5.77. The maximum atomic E-state index is 11.1. The summed E-state index contributed by atoms with van der Waals surface area (Å²) in [6.07, 6.45) is 29.8. The number of nitrogens with zero attached hydrogens (tertiary/aromatic N) is 1. The zero-order valence-electron chi connectivity index (χ0n) is 26.5. The van der Waals surface area contributed by atoms with E-state index in [9.17, 15) is 14.4 Å². The van der Waals surface area contributed by atoms with Crippen molar-refractivity contribution in [2.24, 2.45) is 0 Å². The van der Waals surface area contributed by atoms with Crippen LogP contribution in [0.4, 0.5) is 0 Å². The Labute approximate surface area is 251 Å². The van der Waals surface area contributed by atoms with Gasteiger partial charge in [-0.05, 0) is 38.5 Å². The molecule has 3 N–H and O–H groups in total. The summed E-state index contributed by atoms with van der Waals surface area (Å²) in [5.74, 6) is -2.49. The molecule has 0 amide bonds. The molecule has 0 aliphatic heterocycles. The van der Waals surface area contributed by atoms with E-state index < -0.39 is 17.9 Å². The van der Waals surface area contributed by atoms with Gasteiger partial charge in [0.2, 0.25) is 0 Å². The molecule has 0 aromatic carbocycles. The molecule has 41 heavy (non-hydrogen) atoms. The van der Waals surface area contributed by atoms with Gasteiger partial charge in [0.25, 0.3) is 0 Å². The standard InChI is InChI=1S/C34H63NO6/c1-2-3-4-5-6-7-8-9-10-11-12-13-14-15-16-17-18-19-20-21-28-35(29-22-25-32(36)37,30-23-26-33(38)39)31-24-27-34(40)41/h16-17H,2-15,18-31H2,1H3,(H2-,36,37,38,39,40,41)/p+1/b17-16+. The first-order chi connectivity index (χ1) is 19.8. The molecule has 0 fully saturated rings. The van der Waals surface area contributed by atoms with E-state index >= 15 is 0 Å². The van der Waals surface area contributed by atoms with Crippen LogP contribution in [0.1, 0.15) is 161 Å². The molecule has 240 valence electrons. The molecule has 0 rings (SSSR count). The second kappa shape index (κ2) is 28.2. The number of carboxylic acid groups (broad SMARTS) is 3. The van der Waals surface area contributed by atoms with E-state index in [0.717, 1.165) is 38.6 Å². The highest BCUT2D eigenvalue weighted by Gasteiger charge is 2.27. The molecule has 0 aromatic heterocycles. The summed E-state index contributed by atoms with van der Waals surface area (Å²) in [7, 11) is 0. The molecule has 7 heteroatoms. The summed E-state index contributed by atoms with van der Waals surface area (Å²) in [6, 6.07) is 0. The van der Waals surface area contributed by atoms with Crippen LogP contribution in [0.3, 0.4) is 0 Å². The third kappa shape index (κ3) is 28.0. The summed E-state index contributed by atoms with van der Waals surface area (Å²) in [4.78, 5) is 33.2. The monoisotopic (exact) mass is 582 g/mol. The van der Waals surface area contributed by atoms with Gasteiger partial charge in [-0.1, -0.05) is 96.1 Å². The van der Waals surface area contributed by atoms with E-state index in [-0.39, 0.29) is 19.3 Å². The van der Waals surface area contributed by atoms with Gasteiger partial charge in [0, 0.05) is 19.3 Å². The minimum Gasteiger partial charge on any atom is -0.481 e. The van der Waals surface area contributed by atoms with Gasteiger partial charge in [-0.2, -0.15) is 0 Å². The fraction of sp³-hybridized carbons (Fsp3) is 0.853. The van der Waals surface area contributed by atoms with Crippen molar-refractivity contribution in [2.75, 3.05) is 26.2 Å². The van der Waals surface area contributed by atoms with Crippen molar-refractivity contribution < 1.29 is 34.2 Å². The van der Waals surface area contributed by atoms with Crippen LogP contribution >= 0.6 is 0 Å². The zero-order chi connectivity index (χ0) is 30.4. The molecule has 0 radical (unpaired) electrons. The van der Waals surface area contributed by atoms with Crippen molar-refractivity contribution in [3.05, 3.63) is 12.2 Å². The number of hydrogen-bond acceptors (Lipinski definition) is 3. The highest BCUT2D eigenvalue weighted by atomic mass is 16.4. The van der Waals surface area contributed by atoms with E-state index in [1.807, 2.05) is 0 Å². The molecular weight excluding hydrogens is 518 g/mol. The van der Waals surface area contributed by atoms with E-state index in [4.69, 9.17) is 15.3 Å². The predicted octanol–water partition coefficient (Wildman–Crippen LogP) is 9.00. The van der Waals surface area contributed by atoms with Crippen molar-refractivity contribution in [1.29, 1.82) is 0 Å². The largest absolute Gasteiger partial charge is 0.481 e. The molecule has 0 aromatic rings. The van der Waals surface area contributed by atoms with Crippen LogP contribution in [0.5, 0.6) is 0 Å². The maximum Gasteiger partial charge on any atom is 0.303 e. The van der Waals surface area contributed by atoms with Crippen LogP contribution < -0.4 is 0 Å². The Hall–Kier alpha value is -1.89. The third-order valence-corrected chi connectivity index (χ3v) is 8.21. The quantitative estimate of drug-likeness (QED) is 0.0414. The number of carboxylic acids is 3. The molecule has 0 aliphatic carbocycles. The summed E-state index contributed by atoms with van der Waals surface area (Å²) in [5, 5.41) is 27.3. The van der Waals surface area contributed by atoms with Crippen LogP contribution in [0, 0.1) is 0 Å². The normalized spacial score (nSPS) is 11.8. The third-order valence-electron chi connectivity index (χ3n) is 8.21. The highest BCUT2D eigenvalue weighted by Crippen LogP contribution is 2.18. The Morgan fingerprint density at radius 1 is 0.439 bits per heavy atom. The Kier molecular flexibility index (Phi) is 26.9. The summed E-state index contributed by atoms with van der Waals surface area (Å²) in [6.45, 7) is 5.09. The molecule has 0 atom stereocenters. The molecule has 0 saturated heterocycles. The average Bonchev–Trinajstić information content (AvgIpc) is 2.91. The fourth-order valence-electron chi connectivity index (χ4n) is 5.77. The molecule has 0 bridgehead atoms. The van der Waals surface area contributed by atoms with E-state index in [1.165, 1.54) is 83.5 Å². The van der Waals surface area contributed by atoms with E-state index in [2.05, 4.69) is 19.1 Å². The Morgan fingerprint density at radius 3 is 1.07 bits per heavy atom. The Balaban J connectivity index is 4.13. The van der Waals surface area contributed by atoms with Gasteiger partial charge in [0.1, 0.15) is 0 Å². The van der Waals surface area contributed by atoms with Gasteiger partial charge < -0.3 is 19.8 Å². The minimum absolute atomic E-state index is 0.0852. The molecule has 0 unspecified atom stereocenters. The van der Waals surface area contributed by atoms with Crippen LogP contribution in [-0.2, 0) is 14.4 Å². The van der Waals surface area contributed by atoms with Gasteiger partial charge in [0.15, 0.2) is 0 Å². The second-order valence-corrected chi connectivity index (χ2v) is 12.1. The van der Waals surface area contributed by atoms with Gasteiger partial charge in [-0.25, -0.2) is 0 Å². The molecular formula is C34H64NO6+. The molecule has 0 spiro atoms. The minimum atomic E-state index is -0.829. The number of hydrogen-bond donors (Lipinski definition) is 3. The number of allylic oxidation sites excluding steroid dienone is 2. The first-order valence-corrected chi connectivity index (χ1v) is 17.0. The lowest BCUT2D eigenvalue weighted by Gasteiger charge is -2.39. The lowest BCUT2D eigenvalue weighted by atomic mass is 10.0. The van der Waals surface area contributed by atoms with Gasteiger partial charge in [-0.15, -0.1) is 0 Å². The molecule has 7 nitrogen and oxygen atoms in total. The number of aliphatic carboxylic acids is 3. The van der Waals surface area contributed by atoms with Gasteiger partial charge in [0.05, 0.1) is 45.4 Å². The van der Waals surface area contributed by atoms with Crippen molar-refractivity contribution in [1.82, 2.24) is 0 Å². The van der Waals surface area contributed by atoms with Crippen LogP contribution in [-0.4, -0.2) is 63.9 Å². The smallest absolute Gasteiger partial charge is 0.303 e. The van der Waals surface area contributed by atoms with Gasteiger partial charge >= 0.3 is 17.9 Å². The van der Waals surface area contributed by atoms with Crippen molar-refractivity contribution in [3.63, 3.8) is 0 Å². The van der Waals surface area contributed by atoms with E-state index in [1.54, 1.807) is 0 Å². The van der Waals surface area contributed by atoms with Gasteiger partial charge in [-0.3, -0.25) is 14.4 Å². The lowest BCUT2D eigenvalue weighted by molar-refractivity contribution is -0.929. The Morgan fingerprint density at radius 2 is 0.732 bits per heavy atom. The summed E-state index contributed by atoms with van der Waals surface area (Å²) < 4.78 is 0.628. The topological polar surface area (TPSA) is 112 Å². The Bertz CT molecular complexity index is 628. The van der Waals surface area contributed by atoms with Crippen molar-refractivity contribution in [3.8, 4) is 0 Å². The molecule has 0 saturated carbocycles. The van der Waals surface area contributed by atoms with Crippen LogP contribution in [0.25, 0.3) is 0 Å². The lowest BCUT2D eigenvalue weighted by Crippen LogP contribution is -2.51. The average molecular weight is 583 g/mol. The second-order valence-electron chi connectivity index (χ2n) is 12.1. The first kappa shape index (κ1) is 39.1. The van der Waals surface area contributed by atoms with Crippen LogP contribution in [0.2, 0.25) is 0 Å². The molecule has 0 aliphatic rings. The predicted molar refractivity (Wildman–Crippen MR) is 168 cm³/mol. The molecule has 0 heterocycles. The summed E-state index contributed by atoms with van der Waals surface area (Å²) in [5.41, 5.74) is 0. The van der Waals surface area contributed by atoms with Crippen molar-refractivity contribution in [2.45, 2.75) is 161 Å². The number of unbranched alkanes of at least 4 members (excludes halogenated alkanes) is 16. The number of carbonyl (C=O) groups is 3. The van der Waals surface area contributed by atoms with Crippen LogP contribution in [0.15, 0.2) is 12.2 Å². The number of rotatable bonds is 32. The van der Waals surface area contributed by atoms with E-state index in [0.29, 0.717) is 43.4 Å². The number of quaternary nitrogens is 1. The maximum absolute atomic E-state index is 11.1. The first-order valence-electron chi connectivity index (χ1n) is 17.0. The SMILES string of the molecule is CCCCCCCCCCCCCCC/C=C/CCCCC[N+](CCCC(=O)O)(CCCC(=O)O)CCCC(=O)O. The van der Waals surface area contributed by atoms with Crippen molar-refractivity contribution >= 4 is 17.9 Å². The zero-order valence-corrected chi connectivity index (χ0v) is 26.5. The highest BCUT2D eigenvalue weighted by molar-refractivity contribution is 5.67. The summed E-state index contributed by atoms with van der Waals surface area (Å²) >= 11 is 0.